The average molecular weight is 675 g/mol. The molecule has 10 rings (SSSR count). The Kier molecular flexibility index (Phi) is 6.82. The van der Waals surface area contributed by atoms with Gasteiger partial charge in [-0.25, -0.2) is 19.9 Å². The second-order valence-electron chi connectivity index (χ2n) is 12.2. The van der Waals surface area contributed by atoms with Gasteiger partial charge in [-0.05, 0) is 34.5 Å². The van der Waals surface area contributed by atoms with Gasteiger partial charge >= 0.3 is 0 Å². The molecule has 0 amide bonds. The normalized spacial score (nSPS) is 11.6. The van der Waals surface area contributed by atoms with Crippen LogP contribution in [-0.2, 0) is 0 Å². The van der Waals surface area contributed by atoms with Gasteiger partial charge < -0.3 is 0 Å². The molecule has 0 N–H and O–H groups in total. The van der Waals surface area contributed by atoms with Crippen molar-refractivity contribution in [3.63, 3.8) is 0 Å². The minimum atomic E-state index is 0.616. The van der Waals surface area contributed by atoms with Crippen LogP contribution in [0.15, 0.2) is 158 Å². The van der Waals surface area contributed by atoms with E-state index in [1.807, 2.05) is 24.3 Å². The summed E-state index contributed by atoms with van der Waals surface area (Å²) < 4.78 is 3.52. The second kappa shape index (κ2) is 11.8. The Morgan fingerprint density at radius 2 is 1.00 bits per heavy atom. The Morgan fingerprint density at radius 1 is 0.380 bits per heavy atom. The van der Waals surface area contributed by atoms with Gasteiger partial charge in [0.05, 0.1) is 15.8 Å². The van der Waals surface area contributed by atoms with E-state index in [9.17, 15) is 0 Å². The van der Waals surface area contributed by atoms with E-state index in [4.69, 9.17) is 19.9 Å². The predicted molar refractivity (Wildman–Crippen MR) is 211 cm³/mol. The van der Waals surface area contributed by atoms with Crippen molar-refractivity contribution < 1.29 is 0 Å². The molecule has 10 aromatic rings. The van der Waals surface area contributed by atoms with Crippen molar-refractivity contribution in [2.45, 2.75) is 0 Å². The number of aromatic nitrogens is 4. The van der Waals surface area contributed by atoms with E-state index >= 15 is 0 Å². The Labute approximate surface area is 296 Å². The summed E-state index contributed by atoms with van der Waals surface area (Å²) in [5.74, 6) is 1.87. The van der Waals surface area contributed by atoms with E-state index in [2.05, 4.69) is 133 Å². The molecular formula is C44H26N4S2. The first kappa shape index (κ1) is 28.9. The van der Waals surface area contributed by atoms with Crippen LogP contribution < -0.4 is 0 Å². The first-order valence-corrected chi connectivity index (χ1v) is 18.1. The fourth-order valence-electron chi connectivity index (χ4n) is 6.89. The molecule has 0 fully saturated rings. The molecule has 0 atom stereocenters. The molecule has 4 nitrogen and oxygen atoms in total. The zero-order valence-corrected chi connectivity index (χ0v) is 28.2. The zero-order valence-electron chi connectivity index (χ0n) is 26.6. The van der Waals surface area contributed by atoms with Crippen LogP contribution in [-0.4, -0.2) is 19.9 Å². The topological polar surface area (TPSA) is 51.6 Å². The quantitative estimate of drug-likeness (QED) is 0.182. The van der Waals surface area contributed by atoms with E-state index in [0.29, 0.717) is 17.5 Å². The highest BCUT2D eigenvalue weighted by Gasteiger charge is 2.24. The fourth-order valence-corrected chi connectivity index (χ4v) is 9.14. The highest BCUT2D eigenvalue weighted by molar-refractivity contribution is 7.27. The van der Waals surface area contributed by atoms with Crippen molar-refractivity contribution in [1.29, 1.82) is 0 Å². The molecule has 0 aliphatic rings. The highest BCUT2D eigenvalue weighted by atomic mass is 32.1. The maximum atomic E-state index is 5.41. The van der Waals surface area contributed by atoms with Crippen LogP contribution in [0.3, 0.4) is 0 Å². The number of hydrogen-bond acceptors (Lipinski definition) is 6. The molecule has 0 aliphatic heterocycles. The number of thiazole rings is 1. The number of hydrogen-bond donors (Lipinski definition) is 0. The van der Waals surface area contributed by atoms with Gasteiger partial charge in [0, 0.05) is 42.4 Å². The van der Waals surface area contributed by atoms with Crippen molar-refractivity contribution in [2.75, 3.05) is 0 Å². The molecule has 0 unspecified atom stereocenters. The molecule has 3 aromatic heterocycles. The lowest BCUT2D eigenvalue weighted by Crippen LogP contribution is -2.02. The maximum absolute atomic E-state index is 5.41. The summed E-state index contributed by atoms with van der Waals surface area (Å²) >= 11 is 3.51. The number of benzene rings is 7. The van der Waals surface area contributed by atoms with Gasteiger partial charge in [0.15, 0.2) is 17.5 Å². The van der Waals surface area contributed by atoms with Gasteiger partial charge in [0.25, 0.3) is 0 Å². The number of thiophene rings is 1. The summed E-state index contributed by atoms with van der Waals surface area (Å²) in [4.78, 5) is 21.2. The predicted octanol–water partition coefficient (Wildman–Crippen LogP) is 12.3. The molecular weight excluding hydrogens is 649 g/mol. The molecule has 0 saturated carbocycles. The van der Waals surface area contributed by atoms with E-state index in [1.54, 1.807) is 22.7 Å². The molecule has 234 valence electrons. The van der Waals surface area contributed by atoms with E-state index < -0.39 is 0 Å². The van der Waals surface area contributed by atoms with Gasteiger partial charge in [-0.2, -0.15) is 0 Å². The summed E-state index contributed by atoms with van der Waals surface area (Å²) in [6.07, 6.45) is 0. The SMILES string of the molecule is c1ccc(-c2nc(-c3ccc4ccccc4c3-c3ccccc3)nc(-c3c4nc(-c5ccccc5)sc4cc4sc5ccccc5c34)n2)cc1. The van der Waals surface area contributed by atoms with Crippen molar-refractivity contribution in [2.24, 2.45) is 0 Å². The summed E-state index contributed by atoms with van der Waals surface area (Å²) in [5, 5.41) is 5.60. The van der Waals surface area contributed by atoms with Crippen LogP contribution in [0.4, 0.5) is 0 Å². The molecule has 6 heteroatoms. The Hall–Kier alpha value is -6.08. The van der Waals surface area contributed by atoms with Crippen LogP contribution >= 0.6 is 22.7 Å². The molecule has 0 aliphatic carbocycles. The first-order valence-electron chi connectivity index (χ1n) is 16.5. The first-order chi connectivity index (χ1) is 24.8. The number of nitrogens with zero attached hydrogens (tertiary/aromatic N) is 4. The van der Waals surface area contributed by atoms with E-state index in [1.165, 1.54) is 20.2 Å². The molecule has 3 heterocycles. The summed E-state index contributed by atoms with van der Waals surface area (Å²) in [5.41, 5.74) is 7.04. The second-order valence-corrected chi connectivity index (χ2v) is 14.3. The van der Waals surface area contributed by atoms with Crippen molar-refractivity contribution in [3.8, 4) is 55.9 Å². The summed E-state index contributed by atoms with van der Waals surface area (Å²) in [6, 6.07) is 54.9. The lowest BCUT2D eigenvalue weighted by atomic mass is 9.93. The summed E-state index contributed by atoms with van der Waals surface area (Å²) in [7, 11) is 0. The van der Waals surface area contributed by atoms with Gasteiger partial charge in [-0.3, -0.25) is 0 Å². The largest absolute Gasteiger partial charge is 0.235 e. The zero-order chi connectivity index (χ0) is 33.0. The molecule has 0 saturated heterocycles. The van der Waals surface area contributed by atoms with Crippen molar-refractivity contribution >= 4 is 63.8 Å². The minimum absolute atomic E-state index is 0.616. The maximum Gasteiger partial charge on any atom is 0.167 e. The molecule has 50 heavy (non-hydrogen) atoms. The Morgan fingerprint density at radius 3 is 1.78 bits per heavy atom. The average Bonchev–Trinajstić information content (AvgIpc) is 3.79. The van der Waals surface area contributed by atoms with Crippen LogP contribution in [0.25, 0.3) is 97.0 Å². The van der Waals surface area contributed by atoms with E-state index in [-0.39, 0.29) is 0 Å². The standard InChI is InChI=1S/C44H26N4S2/c1-4-15-28(16-5-1)37-31-21-11-10-14-27(31)24-25-33(37)42-46-41(29-17-6-2-7-18-29)47-43(48-42)39-38-32-22-12-13-23-34(32)49-35(38)26-36-40(39)45-44(50-36)30-19-8-3-9-20-30/h1-26H. The lowest BCUT2D eigenvalue weighted by Gasteiger charge is -2.15. The van der Waals surface area contributed by atoms with Crippen LogP contribution in [0.5, 0.6) is 0 Å². The van der Waals surface area contributed by atoms with Crippen LogP contribution in [0.2, 0.25) is 0 Å². The van der Waals surface area contributed by atoms with Crippen LogP contribution in [0, 0.1) is 0 Å². The van der Waals surface area contributed by atoms with Gasteiger partial charge in [0.1, 0.15) is 5.01 Å². The van der Waals surface area contributed by atoms with E-state index in [0.717, 1.165) is 59.4 Å². The lowest BCUT2D eigenvalue weighted by molar-refractivity contribution is 1.08. The minimum Gasteiger partial charge on any atom is -0.235 e. The van der Waals surface area contributed by atoms with Gasteiger partial charge in [0.2, 0.25) is 0 Å². The highest BCUT2D eigenvalue weighted by Crippen LogP contribution is 2.46. The molecule has 7 aromatic carbocycles. The van der Waals surface area contributed by atoms with Crippen LogP contribution in [0.1, 0.15) is 0 Å². The van der Waals surface area contributed by atoms with Crippen molar-refractivity contribution in [1.82, 2.24) is 19.9 Å². The number of rotatable bonds is 5. The third kappa shape index (κ3) is 4.80. The third-order valence-electron chi connectivity index (χ3n) is 9.17. The molecule has 0 spiro atoms. The van der Waals surface area contributed by atoms with Crippen molar-refractivity contribution in [3.05, 3.63) is 158 Å². The van der Waals surface area contributed by atoms with Gasteiger partial charge in [-0.15, -0.1) is 22.7 Å². The number of fused-ring (bicyclic) bond motifs is 5. The molecule has 0 radical (unpaired) electrons. The smallest absolute Gasteiger partial charge is 0.167 e. The Bertz CT molecular complexity index is 2860. The monoisotopic (exact) mass is 674 g/mol. The molecule has 0 bridgehead atoms. The third-order valence-corrected chi connectivity index (χ3v) is 11.3. The van der Waals surface area contributed by atoms with Gasteiger partial charge in [-0.1, -0.05) is 140 Å². The fraction of sp³-hybridized carbons (Fsp3) is 0. The summed E-state index contributed by atoms with van der Waals surface area (Å²) in [6.45, 7) is 0. The Balaban J connectivity index is 1.33.